The molecule has 2 unspecified atom stereocenters. The van der Waals surface area contributed by atoms with Gasteiger partial charge in [0.2, 0.25) is 0 Å². The summed E-state index contributed by atoms with van der Waals surface area (Å²) in [6.45, 7) is 2.05. The van der Waals surface area contributed by atoms with E-state index in [9.17, 15) is 5.11 Å². The number of benzene rings is 2. The van der Waals surface area contributed by atoms with Crippen LogP contribution in [0.5, 0.6) is 0 Å². The Bertz CT molecular complexity index is 703. The molecule has 0 radical (unpaired) electrons. The summed E-state index contributed by atoms with van der Waals surface area (Å²) in [5.41, 5.74) is 2.08. The van der Waals surface area contributed by atoms with Crippen molar-refractivity contribution < 1.29 is 5.11 Å². The molecule has 20 heavy (non-hydrogen) atoms. The van der Waals surface area contributed by atoms with Gasteiger partial charge in [-0.3, -0.25) is 4.98 Å². The maximum atomic E-state index is 10.7. The van der Waals surface area contributed by atoms with Crippen molar-refractivity contribution in [2.24, 2.45) is 0 Å². The zero-order valence-electron chi connectivity index (χ0n) is 11.4. The van der Waals surface area contributed by atoms with Gasteiger partial charge in [-0.25, -0.2) is 0 Å². The van der Waals surface area contributed by atoms with Crippen LogP contribution in [0.2, 0.25) is 0 Å². The van der Waals surface area contributed by atoms with Crippen molar-refractivity contribution >= 4 is 10.8 Å². The van der Waals surface area contributed by atoms with Crippen LogP contribution in [0.3, 0.4) is 0 Å². The van der Waals surface area contributed by atoms with Gasteiger partial charge in [-0.15, -0.1) is 0 Å². The fraction of sp³-hybridized carbons (Fsp3) is 0.167. The van der Waals surface area contributed by atoms with Gasteiger partial charge in [-0.1, -0.05) is 55.5 Å². The molecule has 1 heterocycles. The summed E-state index contributed by atoms with van der Waals surface area (Å²) in [7, 11) is 0. The van der Waals surface area contributed by atoms with E-state index in [4.69, 9.17) is 0 Å². The molecule has 2 aromatic carbocycles. The molecule has 0 saturated carbocycles. The van der Waals surface area contributed by atoms with E-state index in [1.807, 2.05) is 48.7 Å². The van der Waals surface area contributed by atoms with Gasteiger partial charge in [0.05, 0.1) is 6.10 Å². The summed E-state index contributed by atoms with van der Waals surface area (Å²) in [6, 6.07) is 18.1. The monoisotopic (exact) mass is 263 g/mol. The molecule has 3 rings (SSSR count). The third-order valence-corrected chi connectivity index (χ3v) is 3.83. The summed E-state index contributed by atoms with van der Waals surface area (Å²) in [4.78, 5) is 4.18. The van der Waals surface area contributed by atoms with Crippen LogP contribution >= 0.6 is 0 Å². The van der Waals surface area contributed by atoms with Gasteiger partial charge in [0.25, 0.3) is 0 Å². The van der Waals surface area contributed by atoms with Gasteiger partial charge in [-0.05, 0) is 22.6 Å². The SMILES string of the molecule is CC(c1ccccc1)C(O)c1cccc2ccncc12. The van der Waals surface area contributed by atoms with Crippen molar-refractivity contribution in [3.8, 4) is 0 Å². The van der Waals surface area contributed by atoms with Crippen molar-refractivity contribution in [2.45, 2.75) is 18.9 Å². The third-order valence-electron chi connectivity index (χ3n) is 3.83. The Kier molecular flexibility index (Phi) is 3.48. The zero-order valence-corrected chi connectivity index (χ0v) is 11.4. The van der Waals surface area contributed by atoms with Crippen molar-refractivity contribution in [1.29, 1.82) is 0 Å². The van der Waals surface area contributed by atoms with Crippen LogP contribution in [0.4, 0.5) is 0 Å². The summed E-state index contributed by atoms with van der Waals surface area (Å²) in [6.07, 6.45) is 3.07. The highest BCUT2D eigenvalue weighted by Crippen LogP contribution is 2.33. The van der Waals surface area contributed by atoms with Crippen LogP contribution in [0.15, 0.2) is 67.0 Å². The largest absolute Gasteiger partial charge is 0.388 e. The number of aliphatic hydroxyl groups is 1. The number of nitrogens with zero attached hydrogens (tertiary/aromatic N) is 1. The molecule has 2 nitrogen and oxygen atoms in total. The molecule has 0 aliphatic heterocycles. The Morgan fingerprint density at radius 2 is 1.75 bits per heavy atom. The molecule has 2 heteroatoms. The van der Waals surface area contributed by atoms with Crippen LogP contribution in [-0.4, -0.2) is 10.1 Å². The van der Waals surface area contributed by atoms with E-state index in [1.165, 1.54) is 0 Å². The van der Waals surface area contributed by atoms with Gasteiger partial charge in [0.15, 0.2) is 0 Å². The normalized spacial score (nSPS) is 14.1. The topological polar surface area (TPSA) is 33.1 Å². The molecule has 3 aromatic rings. The average Bonchev–Trinajstić information content (AvgIpc) is 2.54. The quantitative estimate of drug-likeness (QED) is 0.772. The number of aliphatic hydroxyl groups excluding tert-OH is 1. The van der Waals surface area contributed by atoms with E-state index < -0.39 is 6.10 Å². The van der Waals surface area contributed by atoms with Gasteiger partial charge >= 0.3 is 0 Å². The molecule has 0 amide bonds. The summed E-state index contributed by atoms with van der Waals surface area (Å²) < 4.78 is 0. The molecular formula is C18H17NO. The predicted octanol–water partition coefficient (Wildman–Crippen LogP) is 4.07. The first-order valence-electron chi connectivity index (χ1n) is 6.83. The fourth-order valence-corrected chi connectivity index (χ4v) is 2.60. The lowest BCUT2D eigenvalue weighted by molar-refractivity contribution is 0.153. The lowest BCUT2D eigenvalue weighted by Crippen LogP contribution is -2.08. The molecule has 1 aromatic heterocycles. The molecule has 0 fully saturated rings. The van der Waals surface area contributed by atoms with E-state index in [0.717, 1.165) is 21.9 Å². The van der Waals surface area contributed by atoms with Crippen molar-refractivity contribution in [2.75, 3.05) is 0 Å². The van der Waals surface area contributed by atoms with E-state index in [-0.39, 0.29) is 5.92 Å². The smallest absolute Gasteiger partial charge is 0.0862 e. The van der Waals surface area contributed by atoms with E-state index in [0.29, 0.717) is 0 Å². The first-order chi connectivity index (χ1) is 9.77. The number of rotatable bonds is 3. The Hall–Kier alpha value is -2.19. The number of fused-ring (bicyclic) bond motifs is 1. The highest BCUT2D eigenvalue weighted by molar-refractivity contribution is 5.85. The Morgan fingerprint density at radius 3 is 2.55 bits per heavy atom. The molecule has 0 aliphatic carbocycles. The molecule has 100 valence electrons. The third kappa shape index (κ3) is 2.30. The number of hydrogen-bond donors (Lipinski definition) is 1. The molecule has 2 atom stereocenters. The lowest BCUT2D eigenvalue weighted by atomic mass is 9.89. The second kappa shape index (κ2) is 5.43. The molecular weight excluding hydrogens is 246 g/mol. The van der Waals surface area contributed by atoms with Crippen LogP contribution in [0, 0.1) is 0 Å². The first kappa shape index (κ1) is 12.8. The highest BCUT2D eigenvalue weighted by atomic mass is 16.3. The Balaban J connectivity index is 2.03. The van der Waals surface area contributed by atoms with Crippen LogP contribution in [0.25, 0.3) is 10.8 Å². The van der Waals surface area contributed by atoms with Crippen LogP contribution in [0.1, 0.15) is 30.1 Å². The molecule has 0 aliphatic rings. The van der Waals surface area contributed by atoms with E-state index in [1.54, 1.807) is 6.20 Å². The van der Waals surface area contributed by atoms with Crippen molar-refractivity contribution in [1.82, 2.24) is 4.98 Å². The summed E-state index contributed by atoms with van der Waals surface area (Å²) in [5, 5.41) is 12.8. The zero-order chi connectivity index (χ0) is 13.9. The van der Waals surface area contributed by atoms with Gasteiger partial charge in [0.1, 0.15) is 0 Å². The van der Waals surface area contributed by atoms with Gasteiger partial charge in [0, 0.05) is 23.7 Å². The second-order valence-electron chi connectivity index (χ2n) is 5.09. The second-order valence-corrected chi connectivity index (χ2v) is 5.09. The maximum Gasteiger partial charge on any atom is 0.0862 e. The van der Waals surface area contributed by atoms with Gasteiger partial charge in [-0.2, -0.15) is 0 Å². The van der Waals surface area contributed by atoms with Gasteiger partial charge < -0.3 is 5.11 Å². The van der Waals surface area contributed by atoms with Crippen LogP contribution in [-0.2, 0) is 0 Å². The minimum absolute atomic E-state index is 0.0435. The minimum atomic E-state index is -0.537. The highest BCUT2D eigenvalue weighted by Gasteiger charge is 2.19. The average molecular weight is 263 g/mol. The molecule has 0 bridgehead atoms. The molecule has 0 spiro atoms. The Morgan fingerprint density at radius 1 is 0.950 bits per heavy atom. The lowest BCUT2D eigenvalue weighted by Gasteiger charge is -2.21. The van der Waals surface area contributed by atoms with E-state index >= 15 is 0 Å². The summed E-state index contributed by atoms with van der Waals surface area (Å²) in [5.74, 6) is 0.0435. The first-order valence-corrected chi connectivity index (χ1v) is 6.83. The van der Waals surface area contributed by atoms with E-state index in [2.05, 4.69) is 24.0 Å². The standard InChI is InChI=1S/C18H17NO/c1-13(14-6-3-2-4-7-14)18(20)16-9-5-8-15-10-11-19-12-17(15)16/h2-13,18,20H,1H3. The number of aromatic nitrogens is 1. The van der Waals surface area contributed by atoms with Crippen molar-refractivity contribution in [3.63, 3.8) is 0 Å². The number of pyridine rings is 1. The van der Waals surface area contributed by atoms with Crippen LogP contribution < -0.4 is 0 Å². The minimum Gasteiger partial charge on any atom is -0.388 e. The molecule has 0 saturated heterocycles. The Labute approximate surface area is 118 Å². The van der Waals surface area contributed by atoms with Crippen molar-refractivity contribution in [3.05, 3.63) is 78.1 Å². The maximum absolute atomic E-state index is 10.7. The molecule has 1 N–H and O–H groups in total. The number of hydrogen-bond acceptors (Lipinski definition) is 2. The summed E-state index contributed by atoms with van der Waals surface area (Å²) >= 11 is 0. The predicted molar refractivity (Wildman–Crippen MR) is 81.6 cm³/mol. The fourth-order valence-electron chi connectivity index (χ4n) is 2.60.